The molecule has 1 rings (SSSR count). The van der Waals surface area contributed by atoms with E-state index in [9.17, 15) is 9.90 Å². The molecule has 3 nitrogen and oxygen atoms in total. The summed E-state index contributed by atoms with van der Waals surface area (Å²) in [4.78, 5) is 11.0. The summed E-state index contributed by atoms with van der Waals surface area (Å²) < 4.78 is 6.25. The van der Waals surface area contributed by atoms with E-state index < -0.39 is 5.60 Å². The Morgan fingerprint density at radius 3 is 2.47 bits per heavy atom. The van der Waals surface area contributed by atoms with Gasteiger partial charge in [-0.25, -0.2) is 0 Å². The van der Waals surface area contributed by atoms with E-state index in [4.69, 9.17) is 4.74 Å². The molecule has 0 aliphatic heterocycles. The minimum absolute atomic E-state index is 0.0377. The molecule has 15 heavy (non-hydrogen) atoms. The van der Waals surface area contributed by atoms with Crippen LogP contribution in [0.5, 0.6) is 5.75 Å². The van der Waals surface area contributed by atoms with E-state index in [-0.39, 0.29) is 12.4 Å². The predicted octanol–water partition coefficient (Wildman–Crippen LogP) is 2.17. The molecule has 0 bridgehead atoms. The Hall–Kier alpha value is -0.870. The zero-order chi connectivity index (χ0) is 11.5. The second kappa shape index (κ2) is 4.77. The minimum atomic E-state index is -1.42. The number of Topliss-reactive ketones (excluding diaryl/α,β-unsaturated/α-hetero) is 1. The van der Waals surface area contributed by atoms with Crippen LogP contribution >= 0.6 is 15.9 Å². The van der Waals surface area contributed by atoms with Gasteiger partial charge in [-0.15, -0.1) is 0 Å². The van der Waals surface area contributed by atoms with Crippen LogP contribution in [0.15, 0.2) is 28.7 Å². The molecule has 0 aliphatic rings. The lowest BCUT2D eigenvalue weighted by Gasteiger charge is -2.20. The molecule has 0 aliphatic carbocycles. The lowest BCUT2D eigenvalue weighted by Crippen LogP contribution is -2.39. The number of ether oxygens (including phenoxy) is 1. The maximum absolute atomic E-state index is 11.0. The van der Waals surface area contributed by atoms with Gasteiger partial charge in [0, 0.05) is 4.47 Å². The van der Waals surface area contributed by atoms with Crippen molar-refractivity contribution in [3.8, 4) is 5.75 Å². The summed E-state index contributed by atoms with van der Waals surface area (Å²) >= 11 is 3.30. The molecule has 0 spiro atoms. The van der Waals surface area contributed by atoms with Crippen LogP contribution in [0.25, 0.3) is 0 Å². The van der Waals surface area contributed by atoms with Crippen molar-refractivity contribution < 1.29 is 14.6 Å². The van der Waals surface area contributed by atoms with E-state index >= 15 is 0 Å². The lowest BCUT2D eigenvalue weighted by atomic mass is 10.0. The highest BCUT2D eigenvalue weighted by molar-refractivity contribution is 9.10. The number of halogens is 1. The molecule has 1 aromatic rings. The second-order valence-corrected chi connectivity index (χ2v) is 4.49. The Morgan fingerprint density at radius 1 is 1.47 bits per heavy atom. The Balaban J connectivity index is 2.57. The molecular formula is C11H13BrO3. The Bertz CT molecular complexity index is 343. The van der Waals surface area contributed by atoms with Gasteiger partial charge in [-0.05, 0) is 38.1 Å². The summed E-state index contributed by atoms with van der Waals surface area (Å²) in [5.74, 6) is 0.319. The zero-order valence-electron chi connectivity index (χ0n) is 8.66. The summed E-state index contributed by atoms with van der Waals surface area (Å²) in [6.45, 7) is 2.74. The lowest BCUT2D eigenvalue weighted by molar-refractivity contribution is -0.136. The summed E-state index contributed by atoms with van der Waals surface area (Å²) in [6, 6.07) is 7.19. The number of benzene rings is 1. The number of carbonyl (C=O) groups is 1. The first-order chi connectivity index (χ1) is 6.92. The van der Waals surface area contributed by atoms with Crippen LogP contribution in [0.1, 0.15) is 13.8 Å². The van der Waals surface area contributed by atoms with Crippen molar-refractivity contribution in [3.63, 3.8) is 0 Å². The fraction of sp³-hybridized carbons (Fsp3) is 0.364. The molecule has 1 N–H and O–H groups in total. The fourth-order valence-corrected chi connectivity index (χ4v) is 1.12. The number of hydrogen-bond donors (Lipinski definition) is 1. The van der Waals surface area contributed by atoms with E-state index in [1.807, 2.05) is 12.1 Å². The molecule has 82 valence electrons. The smallest absolute Gasteiger partial charge is 0.164 e. The van der Waals surface area contributed by atoms with E-state index in [1.54, 1.807) is 12.1 Å². The molecule has 1 atom stereocenters. The quantitative estimate of drug-likeness (QED) is 0.914. The van der Waals surface area contributed by atoms with Crippen LogP contribution in [0.2, 0.25) is 0 Å². The molecule has 0 fully saturated rings. The standard InChI is InChI=1S/C11H13BrO3/c1-8(13)11(2,14)7-15-10-5-3-9(12)4-6-10/h3-6,14H,7H2,1-2H3/t11-/m0/s1. The molecule has 0 amide bonds. The van der Waals surface area contributed by atoms with Gasteiger partial charge in [0.05, 0.1) is 0 Å². The third kappa shape index (κ3) is 3.64. The topological polar surface area (TPSA) is 46.5 Å². The van der Waals surface area contributed by atoms with E-state index in [0.717, 1.165) is 4.47 Å². The Labute approximate surface area is 97.2 Å². The Kier molecular flexibility index (Phi) is 3.88. The number of rotatable bonds is 4. The first-order valence-corrected chi connectivity index (χ1v) is 5.33. The molecular weight excluding hydrogens is 260 g/mol. The first-order valence-electron chi connectivity index (χ1n) is 4.53. The predicted molar refractivity (Wildman–Crippen MR) is 60.9 cm³/mol. The minimum Gasteiger partial charge on any atom is -0.490 e. The maximum atomic E-state index is 11.0. The number of aliphatic hydroxyl groups is 1. The van der Waals surface area contributed by atoms with Crippen LogP contribution < -0.4 is 4.74 Å². The van der Waals surface area contributed by atoms with Gasteiger partial charge >= 0.3 is 0 Å². The average Bonchev–Trinajstić information content (AvgIpc) is 2.17. The van der Waals surface area contributed by atoms with Crippen molar-refractivity contribution in [3.05, 3.63) is 28.7 Å². The van der Waals surface area contributed by atoms with Gasteiger partial charge in [-0.2, -0.15) is 0 Å². The molecule has 1 aromatic carbocycles. The first kappa shape index (κ1) is 12.2. The van der Waals surface area contributed by atoms with Gasteiger partial charge in [0.2, 0.25) is 0 Å². The maximum Gasteiger partial charge on any atom is 0.164 e. The van der Waals surface area contributed by atoms with Gasteiger partial charge in [0.25, 0.3) is 0 Å². The molecule has 0 radical (unpaired) electrons. The van der Waals surface area contributed by atoms with Gasteiger partial charge in [0.15, 0.2) is 11.4 Å². The van der Waals surface area contributed by atoms with Crippen molar-refractivity contribution in [1.82, 2.24) is 0 Å². The zero-order valence-corrected chi connectivity index (χ0v) is 10.2. The number of hydrogen-bond acceptors (Lipinski definition) is 3. The van der Waals surface area contributed by atoms with Gasteiger partial charge in [0.1, 0.15) is 12.4 Å². The molecule has 4 heteroatoms. The largest absolute Gasteiger partial charge is 0.490 e. The molecule has 0 heterocycles. The SMILES string of the molecule is CC(=O)[C@@](C)(O)COc1ccc(Br)cc1. The second-order valence-electron chi connectivity index (χ2n) is 3.57. The van der Waals surface area contributed by atoms with E-state index in [2.05, 4.69) is 15.9 Å². The number of carbonyl (C=O) groups excluding carboxylic acids is 1. The molecule has 0 saturated heterocycles. The number of ketones is 1. The van der Waals surface area contributed by atoms with Crippen molar-refractivity contribution in [2.45, 2.75) is 19.4 Å². The van der Waals surface area contributed by atoms with Crippen molar-refractivity contribution in [2.75, 3.05) is 6.61 Å². The van der Waals surface area contributed by atoms with Crippen LogP contribution in [0.3, 0.4) is 0 Å². The van der Waals surface area contributed by atoms with E-state index in [1.165, 1.54) is 13.8 Å². The summed E-state index contributed by atoms with van der Waals surface area (Å²) in [6.07, 6.45) is 0. The van der Waals surface area contributed by atoms with Crippen molar-refractivity contribution in [1.29, 1.82) is 0 Å². The van der Waals surface area contributed by atoms with Crippen LogP contribution in [-0.4, -0.2) is 23.1 Å². The average molecular weight is 273 g/mol. The molecule has 0 unspecified atom stereocenters. The third-order valence-corrected chi connectivity index (χ3v) is 2.62. The monoisotopic (exact) mass is 272 g/mol. The summed E-state index contributed by atoms with van der Waals surface area (Å²) in [7, 11) is 0. The third-order valence-electron chi connectivity index (χ3n) is 2.09. The van der Waals surface area contributed by atoms with Crippen LogP contribution in [0.4, 0.5) is 0 Å². The van der Waals surface area contributed by atoms with Crippen LogP contribution in [0, 0.1) is 0 Å². The van der Waals surface area contributed by atoms with Crippen molar-refractivity contribution >= 4 is 21.7 Å². The van der Waals surface area contributed by atoms with Gasteiger partial charge < -0.3 is 9.84 Å². The Morgan fingerprint density at radius 2 is 2.00 bits per heavy atom. The van der Waals surface area contributed by atoms with Crippen molar-refractivity contribution in [2.24, 2.45) is 0 Å². The molecule has 0 aromatic heterocycles. The highest BCUT2D eigenvalue weighted by atomic mass is 79.9. The highest BCUT2D eigenvalue weighted by Gasteiger charge is 2.27. The van der Waals surface area contributed by atoms with Gasteiger partial charge in [-0.3, -0.25) is 4.79 Å². The van der Waals surface area contributed by atoms with Crippen LogP contribution in [-0.2, 0) is 4.79 Å². The molecule has 0 saturated carbocycles. The fourth-order valence-electron chi connectivity index (χ4n) is 0.856. The normalized spacial score (nSPS) is 14.4. The summed E-state index contributed by atoms with van der Waals surface area (Å²) in [5.41, 5.74) is -1.42. The summed E-state index contributed by atoms with van der Waals surface area (Å²) in [5, 5.41) is 9.62. The highest BCUT2D eigenvalue weighted by Crippen LogP contribution is 2.17. The van der Waals surface area contributed by atoms with Gasteiger partial charge in [-0.1, -0.05) is 15.9 Å². The van der Waals surface area contributed by atoms with E-state index in [0.29, 0.717) is 5.75 Å².